The Morgan fingerprint density at radius 3 is 2.57 bits per heavy atom. The second-order valence-corrected chi connectivity index (χ2v) is 14.3. The Morgan fingerprint density at radius 1 is 1.02 bits per heavy atom. The number of hydrogen-bond donors (Lipinski definition) is 2. The number of amides is 3. The summed E-state index contributed by atoms with van der Waals surface area (Å²) in [5.41, 5.74) is 2.75. The largest absolute Gasteiger partial charge is 0.365 e. The van der Waals surface area contributed by atoms with Crippen molar-refractivity contribution in [2.75, 3.05) is 42.9 Å². The minimum Gasteiger partial charge on any atom is -0.365 e. The van der Waals surface area contributed by atoms with Crippen molar-refractivity contribution in [1.82, 2.24) is 34.1 Å². The topological polar surface area (TPSA) is 163 Å². The molecule has 0 radical (unpaired) electrons. The first-order valence-electron chi connectivity index (χ1n) is 18.0. The number of rotatable bonds is 7. The Hall–Kier alpha value is -5.88. The van der Waals surface area contributed by atoms with Gasteiger partial charge in [0.2, 0.25) is 11.8 Å². The zero-order valence-corrected chi connectivity index (χ0v) is 29.3. The van der Waals surface area contributed by atoms with Gasteiger partial charge in [-0.2, -0.15) is 10.4 Å². The quantitative estimate of drug-likeness (QED) is 0.238. The Kier molecular flexibility index (Phi) is 8.99. The molecule has 2 aliphatic heterocycles. The molecule has 3 fully saturated rings. The number of imide groups is 1. The van der Waals surface area contributed by atoms with Crippen LogP contribution >= 0.6 is 0 Å². The Morgan fingerprint density at radius 2 is 1.81 bits per heavy atom. The van der Waals surface area contributed by atoms with E-state index in [0.29, 0.717) is 41.4 Å². The van der Waals surface area contributed by atoms with Crippen molar-refractivity contribution >= 4 is 51.0 Å². The smallest absolute Gasteiger partial charge is 0.329 e. The number of nitrogens with one attached hydrogen (secondary N) is 2. The normalized spacial score (nSPS) is 21.2. The summed E-state index contributed by atoms with van der Waals surface area (Å²) in [7, 11) is 1.60. The highest BCUT2D eigenvalue weighted by molar-refractivity contribution is 6.04. The molecule has 3 aromatic heterocycles. The number of nitrogens with zero attached hydrogens (tertiary/aromatic N) is 8. The number of aromatic nitrogens is 5. The van der Waals surface area contributed by atoms with Gasteiger partial charge in [-0.3, -0.25) is 38.4 Å². The predicted molar refractivity (Wildman–Crippen MR) is 195 cm³/mol. The summed E-state index contributed by atoms with van der Waals surface area (Å²) < 4.78 is 20.4. The van der Waals surface area contributed by atoms with Crippen LogP contribution in [0.1, 0.15) is 66.8 Å². The summed E-state index contributed by atoms with van der Waals surface area (Å²) in [4.78, 5) is 59.0. The fourth-order valence-electron chi connectivity index (χ4n) is 8.20. The Labute approximate surface area is 303 Å². The van der Waals surface area contributed by atoms with Crippen LogP contribution in [0.2, 0.25) is 0 Å². The maximum Gasteiger partial charge on any atom is 0.329 e. The number of benzene rings is 2. The van der Waals surface area contributed by atoms with Crippen molar-refractivity contribution in [3.05, 3.63) is 82.4 Å². The van der Waals surface area contributed by atoms with E-state index in [9.17, 15) is 19.2 Å². The number of aryl methyl sites for hydroxylation is 1. The standard InChI is InChI=1S/C38H39FN10O4/c1-45-35-31(49(38(45)53)32-13-14-33(50)43-37(32)52)12-10-28(39)34(35)47-17-15-46(16-18-47)21-23-5-8-27(9-6-23)48-22-24-19-25(7-11-29(24)44-48)42-36(51)30-4-2-3-26(20-40)41-30/h2-4,7,10-12,19,22-23,27,32H,5-6,8-9,13-18,21H2,1H3,(H,42,51)(H,43,50,52)/t23-,27-,32?. The van der Waals surface area contributed by atoms with Gasteiger partial charge in [-0.05, 0) is 80.5 Å². The molecule has 5 heterocycles. The van der Waals surface area contributed by atoms with Gasteiger partial charge in [0, 0.05) is 63.5 Å². The van der Waals surface area contributed by atoms with Crippen molar-refractivity contribution in [2.45, 2.75) is 50.6 Å². The summed E-state index contributed by atoms with van der Waals surface area (Å²) in [5.74, 6) is -1.12. The average Bonchev–Trinajstić information content (AvgIpc) is 3.70. The monoisotopic (exact) mass is 718 g/mol. The third-order valence-electron chi connectivity index (χ3n) is 11.0. The number of halogens is 1. The van der Waals surface area contributed by atoms with Gasteiger partial charge in [-0.25, -0.2) is 14.2 Å². The maximum absolute atomic E-state index is 15.5. The van der Waals surface area contributed by atoms with Crippen LogP contribution in [0.5, 0.6) is 0 Å². The van der Waals surface area contributed by atoms with Crippen molar-refractivity contribution in [2.24, 2.45) is 13.0 Å². The molecular weight excluding hydrogens is 679 g/mol. The summed E-state index contributed by atoms with van der Waals surface area (Å²) in [6.07, 6.45) is 6.56. The van der Waals surface area contributed by atoms with Gasteiger partial charge in [-0.15, -0.1) is 0 Å². The van der Waals surface area contributed by atoms with Crippen molar-refractivity contribution in [3.63, 3.8) is 0 Å². The third kappa shape index (κ3) is 6.54. The minimum absolute atomic E-state index is 0.140. The first kappa shape index (κ1) is 34.2. The molecular formula is C38H39FN10O4. The molecule has 272 valence electrons. The molecule has 3 amide bonds. The van der Waals surface area contributed by atoms with E-state index in [-0.39, 0.29) is 42.1 Å². The van der Waals surface area contributed by atoms with E-state index in [1.54, 1.807) is 31.3 Å². The molecule has 1 unspecified atom stereocenters. The molecule has 1 saturated carbocycles. The van der Waals surface area contributed by atoms with E-state index >= 15 is 4.39 Å². The van der Waals surface area contributed by atoms with Crippen LogP contribution in [0.3, 0.4) is 0 Å². The summed E-state index contributed by atoms with van der Waals surface area (Å²) in [6, 6.07) is 14.7. The number of piperazine rings is 1. The van der Waals surface area contributed by atoms with Gasteiger partial charge < -0.3 is 10.2 Å². The zero-order valence-electron chi connectivity index (χ0n) is 29.3. The molecule has 2 N–H and O–H groups in total. The molecule has 15 heteroatoms. The molecule has 5 aromatic rings. The highest BCUT2D eigenvalue weighted by Gasteiger charge is 2.34. The number of anilines is 2. The number of nitriles is 1. The first-order valence-corrected chi connectivity index (χ1v) is 18.0. The fraction of sp³-hybridized carbons (Fsp3) is 0.395. The van der Waals surface area contributed by atoms with Crippen LogP contribution in [0.25, 0.3) is 21.9 Å². The van der Waals surface area contributed by atoms with E-state index < -0.39 is 23.5 Å². The van der Waals surface area contributed by atoms with E-state index in [0.717, 1.165) is 56.2 Å². The SMILES string of the molecule is Cn1c(=O)n(C2CCC(=O)NC2=O)c2ccc(F)c(N3CCN(C[C@H]4CC[C@H](n5cc6cc(NC(=O)c7cccc(C#N)n7)ccc6n5)CC4)CC3)c21. The molecule has 3 aliphatic rings. The number of carbonyl (C=O) groups is 3. The number of fused-ring (bicyclic) bond motifs is 2. The highest BCUT2D eigenvalue weighted by Crippen LogP contribution is 2.35. The average molecular weight is 719 g/mol. The van der Waals surface area contributed by atoms with Crippen molar-refractivity contribution in [3.8, 4) is 6.07 Å². The number of carbonyl (C=O) groups excluding carboxylic acids is 3. The highest BCUT2D eigenvalue weighted by atomic mass is 19.1. The van der Waals surface area contributed by atoms with Gasteiger partial charge >= 0.3 is 5.69 Å². The van der Waals surface area contributed by atoms with Crippen LogP contribution in [0.15, 0.2) is 59.5 Å². The second-order valence-electron chi connectivity index (χ2n) is 14.3. The summed E-state index contributed by atoms with van der Waals surface area (Å²) in [5, 5.41) is 20.1. The Bertz CT molecular complexity index is 2360. The summed E-state index contributed by atoms with van der Waals surface area (Å²) in [6.45, 7) is 3.71. The van der Waals surface area contributed by atoms with Gasteiger partial charge in [-0.1, -0.05) is 6.07 Å². The minimum atomic E-state index is -0.826. The molecule has 0 spiro atoms. The lowest BCUT2D eigenvalue weighted by molar-refractivity contribution is -0.135. The molecule has 2 aromatic carbocycles. The summed E-state index contributed by atoms with van der Waals surface area (Å²) >= 11 is 0. The van der Waals surface area contributed by atoms with Crippen LogP contribution in [-0.4, -0.2) is 79.2 Å². The number of piperidine rings is 1. The number of imidazole rings is 1. The Balaban J connectivity index is 0.874. The molecule has 2 saturated heterocycles. The molecule has 14 nitrogen and oxygen atoms in total. The van der Waals surface area contributed by atoms with Crippen LogP contribution in [-0.2, 0) is 16.6 Å². The van der Waals surface area contributed by atoms with E-state index in [1.165, 1.54) is 15.2 Å². The second kappa shape index (κ2) is 13.9. The first-order chi connectivity index (χ1) is 25.7. The van der Waals surface area contributed by atoms with Gasteiger partial charge in [0.15, 0.2) is 0 Å². The lowest BCUT2D eigenvalue weighted by Gasteiger charge is -2.39. The van der Waals surface area contributed by atoms with Crippen molar-refractivity contribution in [1.29, 1.82) is 5.26 Å². The number of pyridine rings is 1. The third-order valence-corrected chi connectivity index (χ3v) is 11.0. The van der Waals surface area contributed by atoms with Gasteiger partial charge in [0.1, 0.15) is 29.3 Å². The van der Waals surface area contributed by atoms with Crippen LogP contribution in [0, 0.1) is 23.1 Å². The van der Waals surface area contributed by atoms with Crippen molar-refractivity contribution < 1.29 is 18.8 Å². The zero-order chi connectivity index (χ0) is 36.8. The van der Waals surface area contributed by atoms with Crippen LogP contribution in [0.4, 0.5) is 15.8 Å². The molecule has 1 atom stereocenters. The van der Waals surface area contributed by atoms with Crippen LogP contribution < -0.4 is 21.2 Å². The van der Waals surface area contributed by atoms with E-state index in [2.05, 4.69) is 25.2 Å². The maximum atomic E-state index is 15.5. The fourth-order valence-corrected chi connectivity index (χ4v) is 8.20. The predicted octanol–water partition coefficient (Wildman–Crippen LogP) is 3.88. The van der Waals surface area contributed by atoms with E-state index in [1.807, 2.05) is 35.4 Å². The lowest BCUT2D eigenvalue weighted by atomic mass is 9.85. The molecule has 0 bridgehead atoms. The molecule has 53 heavy (non-hydrogen) atoms. The number of hydrogen-bond acceptors (Lipinski definition) is 9. The van der Waals surface area contributed by atoms with E-state index in [4.69, 9.17) is 10.4 Å². The van der Waals surface area contributed by atoms with Gasteiger partial charge in [0.05, 0.1) is 28.3 Å². The molecule has 8 rings (SSSR count). The van der Waals surface area contributed by atoms with Gasteiger partial charge in [0.25, 0.3) is 5.91 Å². The lowest BCUT2D eigenvalue weighted by Crippen LogP contribution is -2.48. The molecule has 1 aliphatic carbocycles.